The van der Waals surface area contributed by atoms with Crippen molar-refractivity contribution in [2.75, 3.05) is 14.1 Å². The second kappa shape index (κ2) is 3.58. The Bertz CT molecular complexity index is 306. The SMILES string of the molecule is Cc1c(C(=O)N(C)C)csc1Br. The van der Waals surface area contributed by atoms with Crippen molar-refractivity contribution in [1.29, 1.82) is 0 Å². The second-order valence-electron chi connectivity index (χ2n) is 2.75. The lowest BCUT2D eigenvalue weighted by Crippen LogP contribution is -2.21. The lowest BCUT2D eigenvalue weighted by atomic mass is 10.2. The Kier molecular flexibility index (Phi) is 2.90. The van der Waals surface area contributed by atoms with E-state index in [9.17, 15) is 4.79 Å². The molecule has 66 valence electrons. The van der Waals surface area contributed by atoms with E-state index >= 15 is 0 Å². The third-order valence-corrected chi connectivity index (χ3v) is 3.64. The van der Waals surface area contributed by atoms with E-state index in [1.54, 1.807) is 30.3 Å². The van der Waals surface area contributed by atoms with E-state index in [1.807, 2.05) is 12.3 Å². The molecule has 0 saturated carbocycles. The Morgan fingerprint density at radius 1 is 1.58 bits per heavy atom. The van der Waals surface area contributed by atoms with Gasteiger partial charge in [-0.25, -0.2) is 0 Å². The predicted octanol–water partition coefficient (Wildman–Crippen LogP) is 2.52. The molecule has 0 spiro atoms. The summed E-state index contributed by atoms with van der Waals surface area (Å²) in [4.78, 5) is 13.1. The van der Waals surface area contributed by atoms with Crippen molar-refractivity contribution in [3.05, 3.63) is 20.3 Å². The maximum Gasteiger partial charge on any atom is 0.254 e. The average molecular weight is 248 g/mol. The fourth-order valence-corrected chi connectivity index (χ4v) is 2.12. The van der Waals surface area contributed by atoms with Crippen LogP contribution in [0.2, 0.25) is 0 Å². The largest absolute Gasteiger partial charge is 0.345 e. The quantitative estimate of drug-likeness (QED) is 0.747. The van der Waals surface area contributed by atoms with Gasteiger partial charge in [-0.2, -0.15) is 0 Å². The summed E-state index contributed by atoms with van der Waals surface area (Å²) in [7, 11) is 3.51. The molecule has 2 nitrogen and oxygen atoms in total. The molecule has 0 aliphatic heterocycles. The van der Waals surface area contributed by atoms with Crippen LogP contribution < -0.4 is 0 Å². The van der Waals surface area contributed by atoms with Crippen LogP contribution in [0.25, 0.3) is 0 Å². The normalized spacial score (nSPS) is 10.0. The molecule has 0 radical (unpaired) electrons. The molecule has 1 aromatic heterocycles. The van der Waals surface area contributed by atoms with Crippen LogP contribution in [-0.2, 0) is 0 Å². The molecule has 0 saturated heterocycles. The summed E-state index contributed by atoms with van der Waals surface area (Å²) in [6, 6.07) is 0. The van der Waals surface area contributed by atoms with Crippen molar-refractivity contribution in [1.82, 2.24) is 4.90 Å². The second-order valence-corrected chi connectivity index (χ2v) is 4.95. The molecule has 0 aliphatic rings. The Balaban J connectivity index is 3.04. The van der Waals surface area contributed by atoms with Gasteiger partial charge in [-0.1, -0.05) is 0 Å². The van der Waals surface area contributed by atoms with Crippen molar-refractivity contribution in [3.63, 3.8) is 0 Å². The fraction of sp³-hybridized carbons (Fsp3) is 0.375. The highest BCUT2D eigenvalue weighted by Gasteiger charge is 2.14. The highest BCUT2D eigenvalue weighted by Crippen LogP contribution is 2.27. The molecule has 0 N–H and O–H groups in total. The summed E-state index contributed by atoms with van der Waals surface area (Å²) in [6.45, 7) is 1.94. The van der Waals surface area contributed by atoms with Crippen LogP contribution in [0.4, 0.5) is 0 Å². The molecule has 0 fully saturated rings. The highest BCUT2D eigenvalue weighted by molar-refractivity contribution is 9.11. The summed E-state index contributed by atoms with van der Waals surface area (Å²) in [5, 5.41) is 1.88. The zero-order valence-corrected chi connectivity index (χ0v) is 9.62. The summed E-state index contributed by atoms with van der Waals surface area (Å²) >= 11 is 4.93. The van der Waals surface area contributed by atoms with Gasteiger partial charge in [0.05, 0.1) is 9.35 Å². The first-order valence-corrected chi connectivity index (χ1v) is 5.16. The van der Waals surface area contributed by atoms with Crippen LogP contribution in [0.15, 0.2) is 9.17 Å². The smallest absolute Gasteiger partial charge is 0.254 e. The zero-order valence-electron chi connectivity index (χ0n) is 7.22. The molecule has 0 aliphatic carbocycles. The molecule has 4 heteroatoms. The first kappa shape index (κ1) is 9.74. The number of rotatable bonds is 1. The Morgan fingerprint density at radius 2 is 2.17 bits per heavy atom. The Labute approximate surface area is 84.3 Å². The van der Waals surface area contributed by atoms with Crippen molar-refractivity contribution in [3.8, 4) is 0 Å². The lowest BCUT2D eigenvalue weighted by Gasteiger charge is -2.09. The highest BCUT2D eigenvalue weighted by atomic mass is 79.9. The molecule has 0 bridgehead atoms. The van der Waals surface area contributed by atoms with Crippen LogP contribution >= 0.6 is 27.3 Å². The molecule has 1 amide bonds. The van der Waals surface area contributed by atoms with Gasteiger partial charge in [-0.3, -0.25) is 4.79 Å². The molecule has 0 aromatic carbocycles. The standard InChI is InChI=1S/C8H10BrNOS/c1-5-6(4-12-7(5)9)8(11)10(2)3/h4H,1-3H3. The monoisotopic (exact) mass is 247 g/mol. The van der Waals surface area contributed by atoms with Crippen molar-refractivity contribution in [2.24, 2.45) is 0 Å². The Hall–Kier alpha value is -0.350. The number of thiophene rings is 1. The van der Waals surface area contributed by atoms with E-state index in [2.05, 4.69) is 15.9 Å². The van der Waals surface area contributed by atoms with Crippen molar-refractivity contribution >= 4 is 33.2 Å². The third-order valence-electron chi connectivity index (χ3n) is 1.62. The van der Waals surface area contributed by atoms with Gasteiger partial charge in [0.2, 0.25) is 0 Å². The number of amides is 1. The fourth-order valence-electron chi connectivity index (χ4n) is 0.845. The van der Waals surface area contributed by atoms with E-state index in [4.69, 9.17) is 0 Å². The number of carbonyl (C=O) groups excluding carboxylic acids is 1. The molecular weight excluding hydrogens is 238 g/mol. The summed E-state index contributed by atoms with van der Waals surface area (Å²) in [5.74, 6) is 0.0643. The van der Waals surface area contributed by atoms with E-state index in [1.165, 1.54) is 0 Å². The van der Waals surface area contributed by atoms with Crippen LogP contribution in [0, 0.1) is 6.92 Å². The van der Waals surface area contributed by atoms with Crippen LogP contribution in [0.3, 0.4) is 0 Å². The Morgan fingerprint density at radius 3 is 2.50 bits per heavy atom. The minimum Gasteiger partial charge on any atom is -0.345 e. The third kappa shape index (κ3) is 1.69. The van der Waals surface area contributed by atoms with Gasteiger partial charge in [-0.05, 0) is 28.4 Å². The van der Waals surface area contributed by atoms with Gasteiger partial charge >= 0.3 is 0 Å². The van der Waals surface area contributed by atoms with Crippen LogP contribution in [0.5, 0.6) is 0 Å². The molecule has 1 rings (SSSR count). The minimum atomic E-state index is 0.0643. The first-order chi connectivity index (χ1) is 5.54. The molecular formula is C8H10BrNOS. The maximum atomic E-state index is 11.5. The molecule has 1 aromatic rings. The van der Waals surface area contributed by atoms with Gasteiger partial charge in [-0.15, -0.1) is 11.3 Å². The zero-order chi connectivity index (χ0) is 9.30. The van der Waals surface area contributed by atoms with E-state index in [0.29, 0.717) is 0 Å². The molecule has 0 atom stereocenters. The lowest BCUT2D eigenvalue weighted by molar-refractivity contribution is 0.0827. The molecule has 12 heavy (non-hydrogen) atoms. The van der Waals surface area contributed by atoms with E-state index in [0.717, 1.165) is 14.9 Å². The van der Waals surface area contributed by atoms with Gasteiger partial charge in [0.25, 0.3) is 5.91 Å². The maximum absolute atomic E-state index is 11.5. The first-order valence-electron chi connectivity index (χ1n) is 3.49. The number of hydrogen-bond acceptors (Lipinski definition) is 2. The van der Waals surface area contributed by atoms with E-state index < -0.39 is 0 Å². The van der Waals surface area contributed by atoms with Crippen molar-refractivity contribution < 1.29 is 4.79 Å². The van der Waals surface area contributed by atoms with Gasteiger partial charge in [0, 0.05) is 19.5 Å². The van der Waals surface area contributed by atoms with E-state index in [-0.39, 0.29) is 5.91 Å². The molecule has 1 heterocycles. The van der Waals surface area contributed by atoms with Crippen LogP contribution in [0.1, 0.15) is 15.9 Å². The van der Waals surface area contributed by atoms with Gasteiger partial charge in [0.1, 0.15) is 0 Å². The van der Waals surface area contributed by atoms with Gasteiger partial charge in [0.15, 0.2) is 0 Å². The van der Waals surface area contributed by atoms with Gasteiger partial charge < -0.3 is 4.90 Å². The number of halogens is 1. The summed E-state index contributed by atoms with van der Waals surface area (Å²) in [5.41, 5.74) is 1.82. The summed E-state index contributed by atoms with van der Waals surface area (Å²) in [6.07, 6.45) is 0. The average Bonchev–Trinajstić information content (AvgIpc) is 2.32. The number of carbonyl (C=O) groups is 1. The number of nitrogens with zero attached hydrogens (tertiary/aromatic N) is 1. The number of hydrogen-bond donors (Lipinski definition) is 0. The van der Waals surface area contributed by atoms with Crippen LogP contribution in [-0.4, -0.2) is 24.9 Å². The molecule has 0 unspecified atom stereocenters. The minimum absolute atomic E-state index is 0.0643. The summed E-state index contributed by atoms with van der Waals surface area (Å²) < 4.78 is 1.03. The topological polar surface area (TPSA) is 20.3 Å². The predicted molar refractivity (Wildman–Crippen MR) is 54.8 cm³/mol. The van der Waals surface area contributed by atoms with Crippen molar-refractivity contribution in [2.45, 2.75) is 6.92 Å².